The Bertz CT molecular complexity index is 745. The number of nitrogens with zero attached hydrogens (tertiary/aromatic N) is 2. The number of rotatable bonds is 4. The van der Waals surface area contributed by atoms with Crippen LogP contribution in [0.15, 0.2) is 53.7 Å². The van der Waals surface area contributed by atoms with Crippen molar-refractivity contribution in [1.82, 2.24) is 10.3 Å². The van der Waals surface area contributed by atoms with Crippen LogP contribution in [-0.4, -0.2) is 21.8 Å². The molecule has 1 unspecified atom stereocenters. The fraction of sp³-hybridized carbons (Fsp3) is 0.278. The first kappa shape index (κ1) is 16.5. The quantitative estimate of drug-likeness (QED) is 0.897. The van der Waals surface area contributed by atoms with Crippen molar-refractivity contribution < 1.29 is 4.79 Å². The molecule has 3 N–H and O–H groups in total. The summed E-state index contributed by atoms with van der Waals surface area (Å²) < 4.78 is 0. The SMILES string of the molecule is CC1(c2ccc(C(=O)NCc3ccccn3)cc2)CCSC(N)=N1. The first-order chi connectivity index (χ1) is 11.6. The van der Waals surface area contributed by atoms with Crippen molar-refractivity contribution in [2.45, 2.75) is 25.4 Å². The summed E-state index contributed by atoms with van der Waals surface area (Å²) in [6.07, 6.45) is 2.65. The number of thioether (sulfide) groups is 1. The molecule has 0 aliphatic carbocycles. The number of hydrogen-bond acceptors (Lipinski definition) is 5. The Kier molecular flexibility index (Phi) is 4.85. The maximum Gasteiger partial charge on any atom is 0.251 e. The van der Waals surface area contributed by atoms with E-state index in [4.69, 9.17) is 5.73 Å². The fourth-order valence-electron chi connectivity index (χ4n) is 2.65. The number of benzene rings is 1. The molecular weight excluding hydrogens is 320 g/mol. The largest absolute Gasteiger partial charge is 0.379 e. The van der Waals surface area contributed by atoms with E-state index in [2.05, 4.69) is 22.2 Å². The highest BCUT2D eigenvalue weighted by Gasteiger charge is 2.29. The number of amides is 1. The molecule has 0 spiro atoms. The first-order valence-corrected chi connectivity index (χ1v) is 8.82. The number of nitrogens with two attached hydrogens (primary N) is 1. The summed E-state index contributed by atoms with van der Waals surface area (Å²) in [5, 5.41) is 3.50. The number of hydrogen-bond donors (Lipinski definition) is 2. The zero-order chi connectivity index (χ0) is 17.0. The van der Waals surface area contributed by atoms with Crippen molar-refractivity contribution in [3.8, 4) is 0 Å². The number of pyridine rings is 1. The van der Waals surface area contributed by atoms with E-state index in [1.807, 2.05) is 42.5 Å². The second kappa shape index (κ2) is 7.05. The monoisotopic (exact) mass is 340 g/mol. The zero-order valence-electron chi connectivity index (χ0n) is 13.5. The molecule has 124 valence electrons. The Balaban J connectivity index is 1.68. The molecule has 1 aromatic heterocycles. The van der Waals surface area contributed by atoms with Gasteiger partial charge < -0.3 is 11.1 Å². The molecule has 1 amide bonds. The summed E-state index contributed by atoms with van der Waals surface area (Å²) in [6, 6.07) is 13.2. The van der Waals surface area contributed by atoms with Gasteiger partial charge in [-0.1, -0.05) is 30.0 Å². The number of carbonyl (C=O) groups excluding carboxylic acids is 1. The Hall–Kier alpha value is -2.34. The number of aliphatic imine (C=N–C) groups is 1. The molecule has 0 fully saturated rings. The van der Waals surface area contributed by atoms with E-state index in [1.165, 1.54) is 0 Å². The van der Waals surface area contributed by atoms with Gasteiger partial charge in [-0.05, 0) is 43.2 Å². The molecule has 1 atom stereocenters. The molecule has 1 aliphatic heterocycles. The predicted molar refractivity (Wildman–Crippen MR) is 97.9 cm³/mol. The Morgan fingerprint density at radius 2 is 2.08 bits per heavy atom. The lowest BCUT2D eigenvalue weighted by molar-refractivity contribution is 0.0950. The van der Waals surface area contributed by atoms with E-state index in [9.17, 15) is 4.79 Å². The van der Waals surface area contributed by atoms with Crippen LogP contribution in [0.4, 0.5) is 0 Å². The molecule has 5 nitrogen and oxygen atoms in total. The average Bonchev–Trinajstić information content (AvgIpc) is 2.60. The van der Waals surface area contributed by atoms with E-state index >= 15 is 0 Å². The van der Waals surface area contributed by atoms with E-state index in [-0.39, 0.29) is 11.4 Å². The van der Waals surface area contributed by atoms with E-state index in [0.29, 0.717) is 17.3 Å². The lowest BCUT2D eigenvalue weighted by Crippen LogP contribution is -2.29. The van der Waals surface area contributed by atoms with Gasteiger partial charge in [0.25, 0.3) is 5.91 Å². The molecule has 24 heavy (non-hydrogen) atoms. The van der Waals surface area contributed by atoms with Crippen LogP contribution in [0, 0.1) is 0 Å². The van der Waals surface area contributed by atoms with Gasteiger partial charge in [0.05, 0.1) is 17.8 Å². The zero-order valence-corrected chi connectivity index (χ0v) is 14.3. The van der Waals surface area contributed by atoms with Gasteiger partial charge in [-0.3, -0.25) is 14.8 Å². The average molecular weight is 340 g/mol. The third kappa shape index (κ3) is 3.76. The van der Waals surface area contributed by atoms with E-state index in [0.717, 1.165) is 23.4 Å². The topological polar surface area (TPSA) is 80.4 Å². The van der Waals surface area contributed by atoms with Gasteiger partial charge in [0.1, 0.15) is 0 Å². The second-order valence-electron chi connectivity index (χ2n) is 5.90. The van der Waals surface area contributed by atoms with Gasteiger partial charge in [-0.15, -0.1) is 0 Å². The summed E-state index contributed by atoms with van der Waals surface area (Å²) in [5.74, 6) is 0.845. The number of aromatic nitrogens is 1. The highest BCUT2D eigenvalue weighted by atomic mass is 32.2. The Morgan fingerprint density at radius 1 is 1.29 bits per heavy atom. The Morgan fingerprint density at radius 3 is 2.75 bits per heavy atom. The molecule has 2 aromatic rings. The summed E-state index contributed by atoms with van der Waals surface area (Å²) >= 11 is 1.59. The first-order valence-electron chi connectivity index (χ1n) is 7.84. The molecule has 0 saturated heterocycles. The van der Waals surface area contributed by atoms with Crippen molar-refractivity contribution in [3.05, 3.63) is 65.5 Å². The minimum absolute atomic E-state index is 0.112. The Labute approximate surface area is 145 Å². The van der Waals surface area contributed by atoms with Crippen molar-refractivity contribution in [2.75, 3.05) is 5.75 Å². The van der Waals surface area contributed by atoms with Crippen molar-refractivity contribution in [3.63, 3.8) is 0 Å². The third-order valence-corrected chi connectivity index (χ3v) is 4.92. The maximum absolute atomic E-state index is 12.2. The smallest absolute Gasteiger partial charge is 0.251 e. The predicted octanol–water partition coefficient (Wildman–Crippen LogP) is 2.68. The van der Waals surface area contributed by atoms with Crippen LogP contribution in [0.1, 0.15) is 35.0 Å². The van der Waals surface area contributed by atoms with Gasteiger partial charge in [0.2, 0.25) is 0 Å². The van der Waals surface area contributed by atoms with Gasteiger partial charge in [0, 0.05) is 17.5 Å². The lowest BCUT2D eigenvalue weighted by Gasteiger charge is -2.29. The summed E-state index contributed by atoms with van der Waals surface area (Å²) in [7, 11) is 0. The van der Waals surface area contributed by atoms with Crippen LogP contribution in [0.5, 0.6) is 0 Å². The van der Waals surface area contributed by atoms with E-state index < -0.39 is 0 Å². The molecule has 0 bridgehead atoms. The van der Waals surface area contributed by atoms with Crippen LogP contribution in [-0.2, 0) is 12.1 Å². The summed E-state index contributed by atoms with van der Waals surface area (Å²) in [5.41, 5.74) is 8.09. The fourth-order valence-corrected chi connectivity index (χ4v) is 3.63. The minimum Gasteiger partial charge on any atom is -0.379 e. The molecule has 6 heteroatoms. The van der Waals surface area contributed by atoms with Crippen molar-refractivity contribution in [2.24, 2.45) is 10.7 Å². The van der Waals surface area contributed by atoms with Crippen molar-refractivity contribution in [1.29, 1.82) is 0 Å². The maximum atomic E-state index is 12.2. The summed E-state index contributed by atoms with van der Waals surface area (Å²) in [6.45, 7) is 2.49. The molecule has 2 heterocycles. The molecule has 1 aliphatic rings. The van der Waals surface area contributed by atoms with Gasteiger partial charge >= 0.3 is 0 Å². The standard InChI is InChI=1S/C18H20N4OS/c1-18(9-11-24-17(19)22-18)14-7-5-13(6-8-14)16(23)21-12-15-4-2-3-10-20-15/h2-8,10H,9,11-12H2,1H3,(H2,19,22)(H,21,23). The number of carbonyl (C=O) groups is 1. The lowest BCUT2D eigenvalue weighted by atomic mass is 9.89. The van der Waals surface area contributed by atoms with Gasteiger partial charge in [-0.25, -0.2) is 0 Å². The van der Waals surface area contributed by atoms with Gasteiger partial charge in [0.15, 0.2) is 5.17 Å². The molecule has 3 rings (SSSR count). The third-order valence-electron chi connectivity index (χ3n) is 4.12. The highest BCUT2D eigenvalue weighted by Crippen LogP contribution is 2.34. The van der Waals surface area contributed by atoms with Gasteiger partial charge in [-0.2, -0.15) is 0 Å². The van der Waals surface area contributed by atoms with Crippen LogP contribution < -0.4 is 11.1 Å². The molecule has 1 aromatic carbocycles. The highest BCUT2D eigenvalue weighted by molar-refractivity contribution is 8.13. The van der Waals surface area contributed by atoms with Crippen molar-refractivity contribution >= 4 is 22.8 Å². The van der Waals surface area contributed by atoms with Crippen LogP contribution in [0.25, 0.3) is 0 Å². The normalized spacial score (nSPS) is 20.3. The second-order valence-corrected chi connectivity index (χ2v) is 7.02. The van der Waals surface area contributed by atoms with Crippen LogP contribution in [0.3, 0.4) is 0 Å². The minimum atomic E-state index is -0.307. The molecule has 0 saturated carbocycles. The number of amidine groups is 1. The number of nitrogens with one attached hydrogen (secondary N) is 1. The molecule has 0 radical (unpaired) electrons. The van der Waals surface area contributed by atoms with Crippen LogP contribution in [0.2, 0.25) is 0 Å². The van der Waals surface area contributed by atoms with Crippen LogP contribution >= 0.6 is 11.8 Å². The molecular formula is C18H20N4OS. The van der Waals surface area contributed by atoms with E-state index in [1.54, 1.807) is 18.0 Å². The summed E-state index contributed by atoms with van der Waals surface area (Å²) in [4.78, 5) is 21.0.